The zero-order valence-electron chi connectivity index (χ0n) is 10.6. The summed E-state index contributed by atoms with van der Waals surface area (Å²) in [5.74, 6) is -0.740. The lowest BCUT2D eigenvalue weighted by molar-refractivity contribution is -0.135. The Morgan fingerprint density at radius 2 is 1.95 bits per heavy atom. The van der Waals surface area contributed by atoms with Crippen LogP contribution >= 0.6 is 0 Å². The number of rotatable bonds is 1. The number of nitrogens with two attached hydrogens (primary N) is 1. The molecule has 1 aromatic heterocycles. The van der Waals surface area contributed by atoms with E-state index in [2.05, 4.69) is 5.32 Å². The molecule has 0 aliphatic carbocycles. The third-order valence-corrected chi connectivity index (χ3v) is 3.55. The average molecular weight is 271 g/mol. The number of nitrogen functional groups attached to an aromatic ring is 1. The molecule has 3 N–H and O–H groups in total. The van der Waals surface area contributed by atoms with Crippen molar-refractivity contribution in [2.75, 3.05) is 5.73 Å². The molecule has 102 valence electrons. The number of hydrogen-bond acceptors (Lipinski definition) is 4. The van der Waals surface area contributed by atoms with E-state index in [0.29, 0.717) is 22.9 Å². The molecule has 1 aliphatic rings. The summed E-state index contributed by atoms with van der Waals surface area (Å²) in [5.41, 5.74) is 6.08. The SMILES string of the molecule is Nc1cccc2c(=O)n(C3CCC(=O)NC3=O)ccc12. The maximum Gasteiger partial charge on any atom is 0.259 e. The molecule has 0 saturated carbocycles. The summed E-state index contributed by atoms with van der Waals surface area (Å²) in [7, 11) is 0. The number of nitrogens with zero attached hydrogens (tertiary/aromatic N) is 1. The molecule has 1 aromatic carbocycles. The fourth-order valence-electron chi connectivity index (χ4n) is 2.51. The molecule has 0 bridgehead atoms. The van der Waals surface area contributed by atoms with E-state index in [1.807, 2.05) is 0 Å². The van der Waals surface area contributed by atoms with Gasteiger partial charge in [0, 0.05) is 29.1 Å². The highest BCUT2D eigenvalue weighted by Crippen LogP contribution is 2.21. The predicted molar refractivity (Wildman–Crippen MR) is 74.0 cm³/mol. The van der Waals surface area contributed by atoms with E-state index in [1.54, 1.807) is 30.5 Å². The summed E-state index contributed by atoms with van der Waals surface area (Å²) >= 11 is 0. The van der Waals surface area contributed by atoms with E-state index < -0.39 is 11.9 Å². The Bertz CT molecular complexity index is 779. The van der Waals surface area contributed by atoms with Gasteiger partial charge in [0.2, 0.25) is 11.8 Å². The van der Waals surface area contributed by atoms with Gasteiger partial charge in [0.15, 0.2) is 0 Å². The Hall–Kier alpha value is -2.63. The van der Waals surface area contributed by atoms with Crippen molar-refractivity contribution < 1.29 is 9.59 Å². The zero-order chi connectivity index (χ0) is 14.3. The minimum Gasteiger partial charge on any atom is -0.398 e. The van der Waals surface area contributed by atoms with Crippen molar-refractivity contribution >= 4 is 28.3 Å². The van der Waals surface area contributed by atoms with E-state index in [4.69, 9.17) is 5.73 Å². The number of nitrogens with one attached hydrogen (secondary N) is 1. The van der Waals surface area contributed by atoms with Crippen molar-refractivity contribution in [3.63, 3.8) is 0 Å². The number of piperidine rings is 1. The summed E-state index contributed by atoms with van der Waals surface area (Å²) in [6.07, 6.45) is 2.12. The van der Waals surface area contributed by atoms with Gasteiger partial charge in [-0.3, -0.25) is 19.7 Å². The molecule has 2 aromatic rings. The van der Waals surface area contributed by atoms with Crippen LogP contribution in [0.4, 0.5) is 5.69 Å². The predicted octanol–water partition coefficient (Wildman–Crippen LogP) is 0.561. The minimum atomic E-state index is -0.647. The molecule has 1 atom stereocenters. The Balaban J connectivity index is 2.14. The summed E-state index contributed by atoms with van der Waals surface area (Å²) in [6, 6.07) is 6.17. The molecule has 1 fully saturated rings. The fraction of sp³-hybridized carbons (Fsp3) is 0.214. The number of carbonyl (C=O) groups is 2. The molecule has 2 heterocycles. The molecular formula is C14H13N3O3. The number of fused-ring (bicyclic) bond motifs is 1. The van der Waals surface area contributed by atoms with Crippen LogP contribution in [-0.4, -0.2) is 16.4 Å². The van der Waals surface area contributed by atoms with Crippen LogP contribution in [0, 0.1) is 0 Å². The molecule has 0 radical (unpaired) electrons. The number of hydrogen-bond donors (Lipinski definition) is 2. The van der Waals surface area contributed by atoms with Crippen molar-refractivity contribution in [1.29, 1.82) is 0 Å². The van der Waals surface area contributed by atoms with Crippen LogP contribution in [0.3, 0.4) is 0 Å². The smallest absolute Gasteiger partial charge is 0.259 e. The van der Waals surface area contributed by atoms with Crippen LogP contribution in [0.15, 0.2) is 35.3 Å². The second kappa shape index (κ2) is 4.48. The first-order valence-corrected chi connectivity index (χ1v) is 6.31. The van der Waals surface area contributed by atoms with Crippen molar-refractivity contribution in [2.45, 2.75) is 18.9 Å². The highest BCUT2D eigenvalue weighted by molar-refractivity contribution is 5.99. The maximum atomic E-state index is 12.4. The monoisotopic (exact) mass is 271 g/mol. The summed E-state index contributed by atoms with van der Waals surface area (Å²) in [5, 5.41) is 3.39. The van der Waals surface area contributed by atoms with Gasteiger partial charge in [0.25, 0.3) is 5.56 Å². The van der Waals surface area contributed by atoms with E-state index >= 15 is 0 Å². The molecule has 6 nitrogen and oxygen atoms in total. The molecule has 0 spiro atoms. The average Bonchev–Trinajstić information content (AvgIpc) is 2.41. The van der Waals surface area contributed by atoms with Gasteiger partial charge in [-0.25, -0.2) is 0 Å². The van der Waals surface area contributed by atoms with Gasteiger partial charge in [0.05, 0.1) is 0 Å². The van der Waals surface area contributed by atoms with Gasteiger partial charge in [-0.15, -0.1) is 0 Å². The van der Waals surface area contributed by atoms with E-state index in [9.17, 15) is 14.4 Å². The Morgan fingerprint density at radius 1 is 1.15 bits per heavy atom. The Labute approximate surface area is 114 Å². The highest BCUT2D eigenvalue weighted by atomic mass is 16.2. The van der Waals surface area contributed by atoms with Crippen molar-refractivity contribution in [3.8, 4) is 0 Å². The van der Waals surface area contributed by atoms with Crippen LogP contribution in [0.25, 0.3) is 10.8 Å². The number of carbonyl (C=O) groups excluding carboxylic acids is 2. The van der Waals surface area contributed by atoms with Gasteiger partial charge >= 0.3 is 0 Å². The minimum absolute atomic E-state index is 0.234. The molecule has 2 amide bonds. The Kier molecular flexibility index (Phi) is 2.78. The van der Waals surface area contributed by atoms with Gasteiger partial charge in [-0.05, 0) is 24.6 Å². The lowest BCUT2D eigenvalue weighted by Gasteiger charge is -2.23. The Morgan fingerprint density at radius 3 is 2.70 bits per heavy atom. The molecule has 6 heteroatoms. The first-order chi connectivity index (χ1) is 9.58. The van der Waals surface area contributed by atoms with Gasteiger partial charge in [0.1, 0.15) is 6.04 Å². The molecule has 1 unspecified atom stereocenters. The topological polar surface area (TPSA) is 94.2 Å². The molecule has 20 heavy (non-hydrogen) atoms. The van der Waals surface area contributed by atoms with Crippen LogP contribution < -0.4 is 16.6 Å². The number of amides is 2. The second-order valence-electron chi connectivity index (χ2n) is 4.80. The number of anilines is 1. The van der Waals surface area contributed by atoms with E-state index in [0.717, 1.165) is 0 Å². The first-order valence-electron chi connectivity index (χ1n) is 6.31. The van der Waals surface area contributed by atoms with Gasteiger partial charge in [-0.1, -0.05) is 6.07 Å². The van der Waals surface area contributed by atoms with Crippen molar-refractivity contribution in [1.82, 2.24) is 9.88 Å². The van der Waals surface area contributed by atoms with Crippen LogP contribution in [0.5, 0.6) is 0 Å². The standard InChI is InChI=1S/C14H13N3O3/c15-10-3-1-2-9-8(10)6-7-17(14(9)20)11-4-5-12(18)16-13(11)19/h1-3,6-7,11H,4-5,15H2,(H,16,18,19). The summed E-state index contributed by atoms with van der Waals surface area (Å²) < 4.78 is 1.36. The summed E-state index contributed by atoms with van der Waals surface area (Å²) in [4.78, 5) is 35.4. The molecule has 1 saturated heterocycles. The normalized spacial score (nSPS) is 19.1. The number of pyridine rings is 1. The molecular weight excluding hydrogens is 258 g/mol. The van der Waals surface area contributed by atoms with Crippen molar-refractivity contribution in [3.05, 3.63) is 40.8 Å². The highest BCUT2D eigenvalue weighted by Gasteiger charge is 2.28. The maximum absolute atomic E-state index is 12.4. The fourth-order valence-corrected chi connectivity index (χ4v) is 2.51. The van der Waals surface area contributed by atoms with Crippen molar-refractivity contribution in [2.24, 2.45) is 0 Å². The van der Waals surface area contributed by atoms with E-state index in [1.165, 1.54) is 4.57 Å². The second-order valence-corrected chi connectivity index (χ2v) is 4.80. The van der Waals surface area contributed by atoms with E-state index in [-0.39, 0.29) is 17.9 Å². The largest absolute Gasteiger partial charge is 0.398 e. The number of benzene rings is 1. The lowest BCUT2D eigenvalue weighted by atomic mass is 10.0. The number of imide groups is 1. The lowest BCUT2D eigenvalue weighted by Crippen LogP contribution is -2.44. The third-order valence-electron chi connectivity index (χ3n) is 3.55. The zero-order valence-corrected chi connectivity index (χ0v) is 10.6. The number of aromatic nitrogens is 1. The summed E-state index contributed by atoms with van der Waals surface area (Å²) in [6.45, 7) is 0. The first kappa shape index (κ1) is 12.4. The van der Waals surface area contributed by atoms with Gasteiger partial charge in [-0.2, -0.15) is 0 Å². The molecule has 3 rings (SSSR count). The quantitative estimate of drug-likeness (QED) is 0.585. The third kappa shape index (κ3) is 1.85. The van der Waals surface area contributed by atoms with Crippen LogP contribution in [-0.2, 0) is 9.59 Å². The molecule has 1 aliphatic heterocycles. The van der Waals surface area contributed by atoms with Crippen LogP contribution in [0.2, 0.25) is 0 Å². The van der Waals surface area contributed by atoms with Crippen LogP contribution in [0.1, 0.15) is 18.9 Å². The van der Waals surface area contributed by atoms with Gasteiger partial charge < -0.3 is 10.3 Å².